The van der Waals surface area contributed by atoms with Gasteiger partial charge in [-0.15, -0.1) is 0 Å². The van der Waals surface area contributed by atoms with Crippen LogP contribution in [0.1, 0.15) is 12.8 Å². The summed E-state index contributed by atoms with van der Waals surface area (Å²) in [6, 6.07) is 12.3. The van der Waals surface area contributed by atoms with Crippen molar-refractivity contribution in [3.63, 3.8) is 0 Å². The zero-order valence-electron chi connectivity index (χ0n) is 13.9. The van der Waals surface area contributed by atoms with E-state index in [4.69, 9.17) is 0 Å². The molecule has 26 heavy (non-hydrogen) atoms. The number of piperidine rings is 1. The molecule has 0 aliphatic carbocycles. The molecule has 3 rings (SSSR count). The second-order valence-electron chi connectivity index (χ2n) is 6.13. The Bertz CT molecular complexity index is 903. The summed E-state index contributed by atoms with van der Waals surface area (Å²) in [5.74, 6) is -1.41. The van der Waals surface area contributed by atoms with E-state index >= 15 is 0 Å². The Hall–Kier alpha value is -1.77. The smallest absolute Gasteiger partial charge is 0.243 e. The Kier molecular flexibility index (Phi) is 5.74. The molecule has 1 atom stereocenters. The van der Waals surface area contributed by atoms with Crippen LogP contribution in [-0.4, -0.2) is 31.7 Å². The predicted molar refractivity (Wildman–Crippen MR) is 101 cm³/mol. The van der Waals surface area contributed by atoms with Gasteiger partial charge in [0.25, 0.3) is 0 Å². The van der Waals surface area contributed by atoms with Gasteiger partial charge in [0.1, 0.15) is 5.82 Å². The van der Waals surface area contributed by atoms with Crippen molar-refractivity contribution in [1.29, 1.82) is 0 Å². The lowest BCUT2D eigenvalue weighted by molar-refractivity contribution is -0.120. The molecule has 1 aliphatic rings. The van der Waals surface area contributed by atoms with Crippen LogP contribution in [0.2, 0.25) is 0 Å². The van der Waals surface area contributed by atoms with Crippen LogP contribution < -0.4 is 5.32 Å². The fourth-order valence-corrected chi connectivity index (χ4v) is 4.72. The summed E-state index contributed by atoms with van der Waals surface area (Å²) in [5, 5.41) is 2.56. The average Bonchev–Trinajstić information content (AvgIpc) is 2.64. The summed E-state index contributed by atoms with van der Waals surface area (Å²) in [6.07, 6.45) is 1.14. The molecule has 138 valence electrons. The van der Waals surface area contributed by atoms with Gasteiger partial charge >= 0.3 is 0 Å². The summed E-state index contributed by atoms with van der Waals surface area (Å²) in [5.41, 5.74) is 0.102. The Labute approximate surface area is 160 Å². The minimum absolute atomic E-state index is 0.0820. The normalized spacial score (nSPS) is 18.5. The zero-order chi connectivity index (χ0) is 18.7. The number of amides is 1. The van der Waals surface area contributed by atoms with Crippen LogP contribution in [0.15, 0.2) is 57.9 Å². The molecule has 8 heteroatoms. The molecule has 0 unspecified atom stereocenters. The molecule has 0 aromatic heterocycles. The van der Waals surface area contributed by atoms with E-state index in [0.29, 0.717) is 19.4 Å². The molecule has 0 spiro atoms. The van der Waals surface area contributed by atoms with Crippen molar-refractivity contribution >= 4 is 37.5 Å². The number of carbonyl (C=O) groups excluding carboxylic acids is 1. The first kappa shape index (κ1) is 19.0. The maximum atomic E-state index is 13.7. The van der Waals surface area contributed by atoms with E-state index in [2.05, 4.69) is 21.2 Å². The minimum atomic E-state index is -3.67. The van der Waals surface area contributed by atoms with Gasteiger partial charge in [0, 0.05) is 17.6 Å². The Morgan fingerprint density at radius 2 is 1.85 bits per heavy atom. The minimum Gasteiger partial charge on any atom is -0.323 e. The summed E-state index contributed by atoms with van der Waals surface area (Å²) in [7, 11) is -3.67. The highest BCUT2D eigenvalue weighted by Crippen LogP contribution is 2.26. The lowest BCUT2D eigenvalue weighted by atomic mass is 9.98. The fraction of sp³-hybridized carbons (Fsp3) is 0.278. The zero-order valence-corrected chi connectivity index (χ0v) is 16.3. The highest BCUT2D eigenvalue weighted by atomic mass is 79.9. The van der Waals surface area contributed by atoms with Gasteiger partial charge in [-0.25, -0.2) is 12.8 Å². The second-order valence-corrected chi connectivity index (χ2v) is 8.98. The van der Waals surface area contributed by atoms with E-state index in [9.17, 15) is 17.6 Å². The Morgan fingerprint density at radius 3 is 2.54 bits per heavy atom. The van der Waals surface area contributed by atoms with Crippen LogP contribution in [0.4, 0.5) is 10.1 Å². The molecular weight excluding hydrogens is 423 g/mol. The number of halogens is 2. The van der Waals surface area contributed by atoms with Crippen LogP contribution in [0, 0.1) is 11.7 Å². The Balaban J connectivity index is 1.73. The molecule has 2 aromatic rings. The molecule has 1 saturated heterocycles. The number of nitrogens with one attached hydrogen (secondary N) is 1. The Morgan fingerprint density at radius 1 is 1.15 bits per heavy atom. The molecule has 0 saturated carbocycles. The van der Waals surface area contributed by atoms with Gasteiger partial charge in [0.15, 0.2) is 0 Å². The van der Waals surface area contributed by atoms with Crippen molar-refractivity contribution in [3.05, 3.63) is 58.8 Å². The molecule has 1 amide bonds. The molecule has 2 aromatic carbocycles. The number of para-hydroxylation sites is 1. The van der Waals surface area contributed by atoms with Crippen LogP contribution in [0.3, 0.4) is 0 Å². The third kappa shape index (κ3) is 4.13. The molecule has 1 heterocycles. The maximum Gasteiger partial charge on any atom is 0.243 e. The van der Waals surface area contributed by atoms with E-state index in [1.54, 1.807) is 18.2 Å². The third-order valence-corrected chi connectivity index (χ3v) is 6.75. The van der Waals surface area contributed by atoms with Gasteiger partial charge in [0.05, 0.1) is 16.5 Å². The molecule has 5 nitrogen and oxygen atoms in total. The van der Waals surface area contributed by atoms with Gasteiger partial charge in [-0.1, -0.05) is 28.1 Å². The highest BCUT2D eigenvalue weighted by Gasteiger charge is 2.33. The number of rotatable bonds is 4. The molecule has 0 radical (unpaired) electrons. The van der Waals surface area contributed by atoms with Gasteiger partial charge in [-0.2, -0.15) is 4.31 Å². The lowest BCUT2D eigenvalue weighted by Crippen LogP contribution is -2.43. The first-order valence-corrected chi connectivity index (χ1v) is 10.4. The number of hydrogen-bond acceptors (Lipinski definition) is 3. The summed E-state index contributed by atoms with van der Waals surface area (Å²) < 4.78 is 41.4. The van der Waals surface area contributed by atoms with Crippen LogP contribution in [0.5, 0.6) is 0 Å². The monoisotopic (exact) mass is 440 g/mol. The van der Waals surface area contributed by atoms with Crippen LogP contribution in [-0.2, 0) is 14.8 Å². The molecule has 0 bridgehead atoms. The topological polar surface area (TPSA) is 66.5 Å². The summed E-state index contributed by atoms with van der Waals surface area (Å²) >= 11 is 3.28. The van der Waals surface area contributed by atoms with E-state index < -0.39 is 21.8 Å². The van der Waals surface area contributed by atoms with Crippen molar-refractivity contribution < 1.29 is 17.6 Å². The lowest BCUT2D eigenvalue weighted by Gasteiger charge is -2.31. The van der Waals surface area contributed by atoms with E-state index in [0.717, 1.165) is 4.47 Å². The second kappa shape index (κ2) is 7.85. The van der Waals surface area contributed by atoms with Crippen LogP contribution >= 0.6 is 15.9 Å². The quantitative estimate of drug-likeness (QED) is 0.788. The molecule has 1 N–H and O–H groups in total. The number of sulfonamides is 1. The average molecular weight is 441 g/mol. The number of nitrogens with zero attached hydrogens (tertiary/aromatic N) is 1. The van der Waals surface area contributed by atoms with Gasteiger partial charge in [-0.05, 0) is 49.2 Å². The van der Waals surface area contributed by atoms with Gasteiger partial charge in [-0.3, -0.25) is 4.79 Å². The van der Waals surface area contributed by atoms with Crippen molar-refractivity contribution in [1.82, 2.24) is 4.31 Å². The number of benzene rings is 2. The molecular formula is C18H18BrFN2O3S. The van der Waals surface area contributed by atoms with Crippen LogP contribution in [0.25, 0.3) is 0 Å². The number of anilines is 1. The largest absolute Gasteiger partial charge is 0.323 e. The van der Waals surface area contributed by atoms with Crippen molar-refractivity contribution in [2.24, 2.45) is 5.92 Å². The van der Waals surface area contributed by atoms with Crippen molar-refractivity contribution in [2.45, 2.75) is 17.7 Å². The summed E-state index contributed by atoms with van der Waals surface area (Å²) in [6.45, 7) is 0.445. The van der Waals surface area contributed by atoms with Gasteiger partial charge in [0.2, 0.25) is 15.9 Å². The molecule has 1 aliphatic heterocycles. The van der Waals surface area contributed by atoms with Crippen molar-refractivity contribution in [2.75, 3.05) is 18.4 Å². The highest BCUT2D eigenvalue weighted by molar-refractivity contribution is 9.10. The predicted octanol–water partition coefficient (Wildman–Crippen LogP) is 3.63. The standard InChI is InChI=1S/C18H18BrFN2O3S/c19-14-7-9-15(10-8-14)26(24,25)22-11-3-4-13(12-22)18(23)21-17-6-2-1-5-16(17)20/h1-2,5-10,13H,3-4,11-12H2,(H,21,23)/t13-/m0/s1. The summed E-state index contributed by atoms with van der Waals surface area (Å²) in [4.78, 5) is 12.7. The van der Waals surface area contributed by atoms with Crippen molar-refractivity contribution in [3.8, 4) is 0 Å². The maximum absolute atomic E-state index is 13.7. The van der Waals surface area contributed by atoms with E-state index in [1.165, 1.54) is 34.6 Å². The fourth-order valence-electron chi connectivity index (χ4n) is 2.93. The molecule has 1 fully saturated rings. The SMILES string of the molecule is O=C(Nc1ccccc1F)[C@H]1CCCN(S(=O)(=O)c2ccc(Br)cc2)C1. The van der Waals surface area contributed by atoms with E-state index in [-0.39, 0.29) is 23.0 Å². The number of carbonyl (C=O) groups is 1. The number of hydrogen-bond donors (Lipinski definition) is 1. The third-order valence-electron chi connectivity index (χ3n) is 4.34. The van der Waals surface area contributed by atoms with E-state index in [1.807, 2.05) is 0 Å². The first-order valence-electron chi connectivity index (χ1n) is 8.19. The first-order chi connectivity index (χ1) is 12.4. The van der Waals surface area contributed by atoms with Gasteiger partial charge < -0.3 is 5.32 Å².